The number of hydrogen-bond acceptors (Lipinski definition) is 2. The third-order valence-corrected chi connectivity index (χ3v) is 1.88. The fourth-order valence-corrected chi connectivity index (χ4v) is 1.03. The van der Waals surface area contributed by atoms with E-state index in [1.54, 1.807) is 18.3 Å². The van der Waals surface area contributed by atoms with E-state index in [9.17, 15) is 4.79 Å². The van der Waals surface area contributed by atoms with Crippen molar-refractivity contribution in [3.8, 4) is 0 Å². The highest BCUT2D eigenvalue weighted by Gasteiger charge is 2.15. The molecule has 1 unspecified atom stereocenters. The van der Waals surface area contributed by atoms with Crippen molar-refractivity contribution in [3.63, 3.8) is 0 Å². The molecule has 0 bridgehead atoms. The molecule has 2 nitrogen and oxygen atoms in total. The number of hydrogen-bond donors (Lipinski definition) is 0. The Labute approximate surface area is 74.6 Å². The van der Waals surface area contributed by atoms with Gasteiger partial charge >= 0.3 is 0 Å². The molecule has 0 amide bonds. The van der Waals surface area contributed by atoms with Gasteiger partial charge in [-0.1, -0.05) is 13.8 Å². The predicted molar refractivity (Wildman–Crippen MR) is 52.4 cm³/mol. The number of nitrogens with zero attached hydrogens (tertiary/aromatic N) is 1. The monoisotopic (exact) mass is 181 g/mol. The molecule has 0 fully saturated rings. The van der Waals surface area contributed by atoms with Crippen LogP contribution < -0.4 is 0 Å². The third-order valence-electron chi connectivity index (χ3n) is 1.58. The summed E-state index contributed by atoms with van der Waals surface area (Å²) in [6, 6.07) is 3.51. The predicted octanol–water partition coefficient (Wildman–Crippen LogP) is 2.00. The van der Waals surface area contributed by atoms with Gasteiger partial charge in [-0.25, -0.2) is 0 Å². The maximum absolute atomic E-state index is 10.5. The molecule has 1 aromatic rings. The number of carbonyl (C=O) groups excluding carboxylic acids is 1. The molecule has 1 heterocycles. The van der Waals surface area contributed by atoms with Crippen LogP contribution in [0, 0.1) is 0 Å². The molecule has 12 heavy (non-hydrogen) atoms. The molecule has 1 aromatic heterocycles. The second-order valence-electron chi connectivity index (χ2n) is 3.31. The highest BCUT2D eigenvalue weighted by Crippen LogP contribution is 2.28. The van der Waals surface area contributed by atoms with E-state index in [0.29, 0.717) is 5.56 Å². The van der Waals surface area contributed by atoms with Gasteiger partial charge in [0.1, 0.15) is 6.29 Å². The molecule has 0 saturated carbocycles. The van der Waals surface area contributed by atoms with E-state index in [1.165, 1.54) is 0 Å². The minimum atomic E-state index is -0.0704. The van der Waals surface area contributed by atoms with Crippen molar-refractivity contribution >= 4 is 15.5 Å². The Morgan fingerprint density at radius 1 is 1.58 bits per heavy atom. The lowest BCUT2D eigenvalue weighted by molar-refractivity contribution is 0.112. The number of aldehydes is 1. The first-order valence-corrected chi connectivity index (χ1v) is 4.32. The van der Waals surface area contributed by atoms with E-state index >= 15 is 0 Å². The SMILES string of the molecule is CC(C)(P)c1cc(C=O)ccn1. The normalized spacial score (nSPS) is 11.2. The highest BCUT2D eigenvalue weighted by atomic mass is 31.0. The van der Waals surface area contributed by atoms with E-state index < -0.39 is 0 Å². The van der Waals surface area contributed by atoms with Crippen molar-refractivity contribution in [3.05, 3.63) is 29.6 Å². The van der Waals surface area contributed by atoms with Crippen LogP contribution in [0.25, 0.3) is 0 Å². The van der Waals surface area contributed by atoms with Gasteiger partial charge < -0.3 is 0 Å². The second-order valence-corrected chi connectivity index (χ2v) is 4.76. The summed E-state index contributed by atoms with van der Waals surface area (Å²) in [4.78, 5) is 14.6. The molecule has 1 rings (SSSR count). The standard InChI is InChI=1S/C9H12NOP/c1-9(2,12)8-5-7(6-11)3-4-10-8/h3-6H,12H2,1-2H3. The molecule has 0 aromatic carbocycles. The van der Waals surface area contributed by atoms with Gasteiger partial charge in [0.25, 0.3) is 0 Å². The lowest BCUT2D eigenvalue weighted by atomic mass is 10.1. The lowest BCUT2D eigenvalue weighted by Crippen LogP contribution is -2.09. The summed E-state index contributed by atoms with van der Waals surface area (Å²) in [6.07, 6.45) is 2.49. The topological polar surface area (TPSA) is 30.0 Å². The van der Waals surface area contributed by atoms with Gasteiger partial charge in [0.05, 0.1) is 5.69 Å². The van der Waals surface area contributed by atoms with Gasteiger partial charge in [-0.15, -0.1) is 9.24 Å². The van der Waals surface area contributed by atoms with E-state index in [1.807, 2.05) is 13.8 Å². The lowest BCUT2D eigenvalue weighted by Gasteiger charge is -2.16. The fourth-order valence-electron chi connectivity index (χ4n) is 0.873. The van der Waals surface area contributed by atoms with Crippen LogP contribution in [-0.4, -0.2) is 11.3 Å². The smallest absolute Gasteiger partial charge is 0.150 e. The molecule has 0 N–H and O–H groups in total. The third kappa shape index (κ3) is 2.12. The van der Waals surface area contributed by atoms with Crippen molar-refractivity contribution in [2.75, 3.05) is 0 Å². The second kappa shape index (κ2) is 3.32. The van der Waals surface area contributed by atoms with Crippen LogP contribution >= 0.6 is 9.24 Å². The molecular formula is C9H12NOP. The molecule has 0 aliphatic carbocycles. The van der Waals surface area contributed by atoms with Crippen molar-refractivity contribution in [1.82, 2.24) is 4.98 Å². The zero-order valence-electron chi connectivity index (χ0n) is 7.24. The Balaban J connectivity index is 3.10. The summed E-state index contributed by atoms with van der Waals surface area (Å²) in [5.74, 6) is 0. The highest BCUT2D eigenvalue weighted by molar-refractivity contribution is 7.18. The zero-order valence-corrected chi connectivity index (χ0v) is 8.40. The van der Waals surface area contributed by atoms with Gasteiger partial charge in [-0.3, -0.25) is 9.78 Å². The number of rotatable bonds is 2. The quantitative estimate of drug-likeness (QED) is 0.516. The molecule has 1 atom stereocenters. The minimum absolute atomic E-state index is 0.0704. The van der Waals surface area contributed by atoms with Crippen molar-refractivity contribution < 1.29 is 4.79 Å². The summed E-state index contributed by atoms with van der Waals surface area (Å²) >= 11 is 0. The largest absolute Gasteiger partial charge is 0.298 e. The summed E-state index contributed by atoms with van der Waals surface area (Å²) < 4.78 is 0. The average molecular weight is 181 g/mol. The van der Waals surface area contributed by atoms with Crippen molar-refractivity contribution in [2.45, 2.75) is 19.0 Å². The molecule has 3 heteroatoms. The maximum atomic E-state index is 10.5. The van der Waals surface area contributed by atoms with Gasteiger partial charge in [0.2, 0.25) is 0 Å². The summed E-state index contributed by atoms with van der Waals surface area (Å²) in [6.45, 7) is 4.07. The fraction of sp³-hybridized carbons (Fsp3) is 0.333. The Morgan fingerprint density at radius 2 is 2.25 bits per heavy atom. The van der Waals surface area contributed by atoms with Crippen LogP contribution in [0.4, 0.5) is 0 Å². The zero-order chi connectivity index (χ0) is 9.19. The Kier molecular flexibility index (Phi) is 2.58. The minimum Gasteiger partial charge on any atom is -0.298 e. The van der Waals surface area contributed by atoms with Gasteiger partial charge in [0, 0.05) is 16.9 Å². The molecule has 0 aliphatic heterocycles. The first kappa shape index (κ1) is 9.34. The van der Waals surface area contributed by atoms with Crippen LogP contribution in [0.5, 0.6) is 0 Å². The van der Waals surface area contributed by atoms with Crippen LogP contribution in [0.15, 0.2) is 18.3 Å². The van der Waals surface area contributed by atoms with Gasteiger partial charge in [-0.2, -0.15) is 0 Å². The first-order chi connectivity index (χ1) is 5.54. The number of carbonyl (C=O) groups is 1. The van der Waals surface area contributed by atoms with Crippen molar-refractivity contribution in [1.29, 1.82) is 0 Å². The Morgan fingerprint density at radius 3 is 2.75 bits per heavy atom. The molecule has 0 aliphatic rings. The average Bonchev–Trinajstić information content (AvgIpc) is 2.03. The summed E-state index contributed by atoms with van der Waals surface area (Å²) in [7, 11) is 2.69. The van der Waals surface area contributed by atoms with Crippen LogP contribution in [0.1, 0.15) is 29.9 Å². The van der Waals surface area contributed by atoms with E-state index in [-0.39, 0.29) is 5.16 Å². The molecule has 64 valence electrons. The van der Waals surface area contributed by atoms with Crippen LogP contribution in [-0.2, 0) is 5.16 Å². The van der Waals surface area contributed by atoms with E-state index in [4.69, 9.17) is 0 Å². The van der Waals surface area contributed by atoms with E-state index in [2.05, 4.69) is 14.2 Å². The molecule has 0 radical (unpaired) electrons. The van der Waals surface area contributed by atoms with Gasteiger partial charge in [0.15, 0.2) is 0 Å². The van der Waals surface area contributed by atoms with Crippen molar-refractivity contribution in [2.24, 2.45) is 0 Å². The summed E-state index contributed by atoms with van der Waals surface area (Å²) in [5.41, 5.74) is 1.59. The van der Waals surface area contributed by atoms with Crippen LogP contribution in [0.2, 0.25) is 0 Å². The first-order valence-electron chi connectivity index (χ1n) is 3.74. The molecule has 0 saturated heterocycles. The Bertz CT molecular complexity index is 291. The van der Waals surface area contributed by atoms with E-state index in [0.717, 1.165) is 12.0 Å². The summed E-state index contributed by atoms with van der Waals surface area (Å²) in [5, 5.41) is -0.0704. The van der Waals surface area contributed by atoms with Crippen LogP contribution in [0.3, 0.4) is 0 Å². The maximum Gasteiger partial charge on any atom is 0.150 e. The Hall–Kier alpha value is -0.750. The molecule has 0 spiro atoms. The van der Waals surface area contributed by atoms with Gasteiger partial charge in [-0.05, 0) is 12.1 Å². The molecular weight excluding hydrogens is 169 g/mol. The number of pyridine rings is 1. The number of aromatic nitrogens is 1.